The Labute approximate surface area is 166 Å². The van der Waals surface area contributed by atoms with Gasteiger partial charge < -0.3 is 14.5 Å². The maximum absolute atomic E-state index is 13.0. The predicted octanol–water partition coefficient (Wildman–Crippen LogP) is 4.17. The third-order valence-corrected chi connectivity index (χ3v) is 5.66. The summed E-state index contributed by atoms with van der Waals surface area (Å²) in [6.45, 7) is 7.14. The lowest BCUT2D eigenvalue weighted by Gasteiger charge is -2.42. The van der Waals surface area contributed by atoms with Gasteiger partial charge in [0.15, 0.2) is 0 Å². The minimum atomic E-state index is -0.514. The number of benzene rings is 1. The molecule has 1 saturated carbocycles. The highest BCUT2D eigenvalue weighted by molar-refractivity contribution is 14.1. The summed E-state index contributed by atoms with van der Waals surface area (Å²) in [5, 5.41) is 0.622. The van der Waals surface area contributed by atoms with Crippen molar-refractivity contribution >= 4 is 46.2 Å². The van der Waals surface area contributed by atoms with Crippen LogP contribution in [0.3, 0.4) is 0 Å². The summed E-state index contributed by atoms with van der Waals surface area (Å²) in [4.78, 5) is 29.0. The molecule has 0 unspecified atom stereocenters. The Hall–Kier alpha value is -1.02. The smallest absolute Gasteiger partial charge is 0.410 e. The van der Waals surface area contributed by atoms with Crippen LogP contribution in [0.5, 0.6) is 0 Å². The first-order chi connectivity index (χ1) is 11.6. The molecule has 0 atom stereocenters. The molecule has 25 heavy (non-hydrogen) atoms. The molecular weight excluding hydrogens is 455 g/mol. The normalized spacial score (nSPS) is 19.1. The van der Waals surface area contributed by atoms with E-state index in [1.807, 2.05) is 25.7 Å². The quantitative estimate of drug-likeness (QED) is 0.572. The molecule has 1 aliphatic carbocycles. The summed E-state index contributed by atoms with van der Waals surface area (Å²) >= 11 is 8.14. The van der Waals surface area contributed by atoms with Crippen molar-refractivity contribution in [2.24, 2.45) is 0 Å². The Morgan fingerprint density at radius 3 is 2.48 bits per heavy atom. The van der Waals surface area contributed by atoms with Crippen molar-refractivity contribution < 1.29 is 14.3 Å². The van der Waals surface area contributed by atoms with Gasteiger partial charge in [0, 0.05) is 28.2 Å². The van der Waals surface area contributed by atoms with Crippen LogP contribution in [0.4, 0.5) is 4.79 Å². The minimum absolute atomic E-state index is 0.0161. The number of piperazine rings is 1. The Kier molecular flexibility index (Phi) is 4.96. The van der Waals surface area contributed by atoms with Gasteiger partial charge >= 0.3 is 6.09 Å². The monoisotopic (exact) mass is 476 g/mol. The van der Waals surface area contributed by atoms with Crippen LogP contribution >= 0.6 is 34.2 Å². The summed E-state index contributed by atoms with van der Waals surface area (Å²) < 4.78 is 6.33. The maximum Gasteiger partial charge on any atom is 0.410 e. The van der Waals surface area contributed by atoms with E-state index >= 15 is 0 Å². The van der Waals surface area contributed by atoms with E-state index in [0.717, 1.165) is 16.4 Å². The van der Waals surface area contributed by atoms with Gasteiger partial charge in [-0.2, -0.15) is 0 Å². The lowest BCUT2D eigenvalue weighted by atomic mass is 10.1. The number of rotatable bonds is 1. The van der Waals surface area contributed by atoms with Crippen molar-refractivity contribution in [3.8, 4) is 0 Å². The summed E-state index contributed by atoms with van der Waals surface area (Å²) in [6, 6.07) is 5.32. The number of ether oxygens (including phenoxy) is 1. The molecule has 7 heteroatoms. The number of carbonyl (C=O) groups excluding carboxylic acids is 2. The molecule has 0 aromatic heterocycles. The number of hydrogen-bond donors (Lipinski definition) is 0. The average molecular weight is 477 g/mol. The molecular formula is C18H22ClIN2O3. The highest BCUT2D eigenvalue weighted by Crippen LogP contribution is 2.45. The molecule has 2 amide bonds. The van der Waals surface area contributed by atoms with Gasteiger partial charge in [0.1, 0.15) is 5.60 Å². The third kappa shape index (κ3) is 4.05. The minimum Gasteiger partial charge on any atom is -0.444 e. The van der Waals surface area contributed by atoms with E-state index in [2.05, 4.69) is 22.6 Å². The molecule has 136 valence electrons. The van der Waals surface area contributed by atoms with E-state index in [9.17, 15) is 9.59 Å². The molecule has 3 rings (SSSR count). The average Bonchev–Trinajstić information content (AvgIpc) is 3.24. The zero-order chi connectivity index (χ0) is 18.4. The number of carbonyl (C=O) groups is 2. The molecule has 1 aromatic carbocycles. The van der Waals surface area contributed by atoms with Crippen LogP contribution in [-0.2, 0) is 4.74 Å². The molecule has 0 bridgehead atoms. The highest BCUT2D eigenvalue weighted by Gasteiger charge is 2.54. The van der Waals surface area contributed by atoms with Gasteiger partial charge in [0.25, 0.3) is 5.91 Å². The van der Waals surface area contributed by atoms with E-state index in [1.54, 1.807) is 23.1 Å². The van der Waals surface area contributed by atoms with Crippen LogP contribution in [0.2, 0.25) is 5.02 Å². The number of amides is 2. The topological polar surface area (TPSA) is 49.9 Å². The van der Waals surface area contributed by atoms with Crippen molar-refractivity contribution in [1.29, 1.82) is 0 Å². The summed E-state index contributed by atoms with van der Waals surface area (Å²) in [6.07, 6.45) is 1.54. The molecule has 1 aromatic rings. The van der Waals surface area contributed by atoms with Gasteiger partial charge in [-0.3, -0.25) is 4.79 Å². The van der Waals surface area contributed by atoms with Gasteiger partial charge in [-0.15, -0.1) is 0 Å². The SMILES string of the molecule is CC(C)(C)OC(=O)N1CCN(C(=O)c2ccc(Cl)cc2I)C2(CC2)C1. The lowest BCUT2D eigenvalue weighted by Crippen LogP contribution is -2.58. The van der Waals surface area contributed by atoms with Crippen LogP contribution in [0.1, 0.15) is 44.0 Å². The van der Waals surface area contributed by atoms with Gasteiger partial charge in [-0.25, -0.2) is 4.79 Å². The molecule has 2 fully saturated rings. The van der Waals surface area contributed by atoms with Crippen molar-refractivity contribution in [3.63, 3.8) is 0 Å². The number of halogens is 2. The van der Waals surface area contributed by atoms with Crippen LogP contribution in [0.25, 0.3) is 0 Å². The Bertz CT molecular complexity index is 713. The third-order valence-electron chi connectivity index (χ3n) is 4.54. The molecule has 2 aliphatic rings. The second-order valence-electron chi connectivity index (χ2n) is 7.71. The second kappa shape index (κ2) is 6.61. The molecule has 1 aliphatic heterocycles. The van der Waals surface area contributed by atoms with E-state index in [0.29, 0.717) is 30.2 Å². The second-order valence-corrected chi connectivity index (χ2v) is 9.31. The summed E-state index contributed by atoms with van der Waals surface area (Å²) in [5.74, 6) is 0.0161. The van der Waals surface area contributed by atoms with Crippen LogP contribution in [0, 0.1) is 3.57 Å². The van der Waals surface area contributed by atoms with E-state index in [-0.39, 0.29) is 17.5 Å². The molecule has 0 N–H and O–H groups in total. The summed E-state index contributed by atoms with van der Waals surface area (Å²) in [7, 11) is 0. The van der Waals surface area contributed by atoms with E-state index in [1.165, 1.54) is 0 Å². The fourth-order valence-electron chi connectivity index (χ4n) is 3.16. The predicted molar refractivity (Wildman–Crippen MR) is 105 cm³/mol. The molecule has 0 radical (unpaired) electrons. The highest BCUT2D eigenvalue weighted by atomic mass is 127. The Balaban J connectivity index is 1.74. The fourth-order valence-corrected chi connectivity index (χ4v) is 4.26. The van der Waals surface area contributed by atoms with Gasteiger partial charge in [0.2, 0.25) is 0 Å². The molecule has 1 saturated heterocycles. The number of nitrogens with zero attached hydrogens (tertiary/aromatic N) is 2. The van der Waals surface area contributed by atoms with E-state index in [4.69, 9.17) is 16.3 Å². The van der Waals surface area contributed by atoms with Crippen molar-refractivity contribution in [3.05, 3.63) is 32.4 Å². The van der Waals surface area contributed by atoms with Crippen molar-refractivity contribution in [2.45, 2.75) is 44.8 Å². The van der Waals surface area contributed by atoms with E-state index < -0.39 is 5.60 Å². The lowest BCUT2D eigenvalue weighted by molar-refractivity contribution is 0.000610. The molecule has 1 spiro atoms. The first kappa shape index (κ1) is 18.8. The van der Waals surface area contributed by atoms with Gasteiger partial charge in [-0.05, 0) is 74.4 Å². The van der Waals surface area contributed by atoms with Gasteiger partial charge in [-0.1, -0.05) is 11.6 Å². The largest absolute Gasteiger partial charge is 0.444 e. The maximum atomic E-state index is 13.0. The van der Waals surface area contributed by atoms with Crippen LogP contribution in [0.15, 0.2) is 18.2 Å². The van der Waals surface area contributed by atoms with Crippen molar-refractivity contribution in [2.75, 3.05) is 19.6 Å². The Morgan fingerprint density at radius 2 is 1.92 bits per heavy atom. The van der Waals surface area contributed by atoms with Crippen LogP contribution in [-0.4, -0.2) is 52.6 Å². The van der Waals surface area contributed by atoms with Crippen molar-refractivity contribution in [1.82, 2.24) is 9.80 Å². The standard InChI is InChI=1S/C18H22ClIN2O3/c1-17(2,3)25-16(24)21-8-9-22(18(11-21)6-7-18)15(23)13-5-4-12(19)10-14(13)20/h4-5,10H,6-9,11H2,1-3H3. The fraction of sp³-hybridized carbons (Fsp3) is 0.556. The molecule has 5 nitrogen and oxygen atoms in total. The van der Waals surface area contributed by atoms with Crippen LogP contribution < -0.4 is 0 Å². The zero-order valence-electron chi connectivity index (χ0n) is 14.6. The van der Waals surface area contributed by atoms with Gasteiger partial charge in [0.05, 0.1) is 11.1 Å². The first-order valence-corrected chi connectivity index (χ1v) is 9.82. The summed E-state index contributed by atoms with van der Waals surface area (Å²) in [5.41, 5.74) is -0.0863. The Morgan fingerprint density at radius 1 is 1.24 bits per heavy atom. The number of hydrogen-bond acceptors (Lipinski definition) is 3. The zero-order valence-corrected chi connectivity index (χ0v) is 17.6. The molecule has 1 heterocycles. The first-order valence-electron chi connectivity index (χ1n) is 8.36.